The van der Waals surface area contributed by atoms with E-state index in [0.717, 1.165) is 17.7 Å². The van der Waals surface area contributed by atoms with Crippen LogP contribution >= 0.6 is 0 Å². The van der Waals surface area contributed by atoms with Gasteiger partial charge in [0.05, 0.1) is 19.0 Å². The maximum Gasteiger partial charge on any atom is 0.237 e. The van der Waals surface area contributed by atoms with Crippen LogP contribution in [0.4, 0.5) is 0 Å². The molecule has 0 aliphatic carbocycles. The van der Waals surface area contributed by atoms with Gasteiger partial charge in [-0.05, 0) is 22.8 Å². The summed E-state index contributed by atoms with van der Waals surface area (Å²) >= 11 is 0. The summed E-state index contributed by atoms with van der Waals surface area (Å²) in [5.41, 5.74) is 3.46. The third-order valence-electron chi connectivity index (χ3n) is 5.49. The van der Waals surface area contributed by atoms with Gasteiger partial charge in [-0.1, -0.05) is 54.6 Å². The van der Waals surface area contributed by atoms with Crippen molar-refractivity contribution in [3.63, 3.8) is 0 Å². The highest BCUT2D eigenvalue weighted by atomic mass is 16.2. The molecule has 0 radical (unpaired) electrons. The quantitative estimate of drug-likeness (QED) is 0.588. The summed E-state index contributed by atoms with van der Waals surface area (Å²) in [7, 11) is 0. The predicted molar refractivity (Wildman–Crippen MR) is 119 cm³/mol. The molecule has 7 heteroatoms. The van der Waals surface area contributed by atoms with Gasteiger partial charge in [0.1, 0.15) is 0 Å². The summed E-state index contributed by atoms with van der Waals surface area (Å²) in [6, 6.07) is 20.0. The van der Waals surface area contributed by atoms with Crippen LogP contribution in [-0.4, -0.2) is 52.2 Å². The van der Waals surface area contributed by atoms with Crippen LogP contribution in [0.3, 0.4) is 0 Å². The van der Waals surface area contributed by atoms with E-state index < -0.39 is 6.04 Å². The number of aromatic nitrogens is 2. The van der Waals surface area contributed by atoms with E-state index in [2.05, 4.69) is 57.0 Å². The van der Waals surface area contributed by atoms with Crippen LogP contribution in [0, 0.1) is 0 Å². The Morgan fingerprint density at radius 2 is 1.84 bits per heavy atom. The molecule has 1 atom stereocenters. The molecule has 2 heterocycles. The summed E-state index contributed by atoms with van der Waals surface area (Å²) in [4.78, 5) is 27.0. The molecule has 0 bridgehead atoms. The Morgan fingerprint density at radius 1 is 1.06 bits per heavy atom. The molecule has 1 fully saturated rings. The first-order chi connectivity index (χ1) is 15.2. The van der Waals surface area contributed by atoms with Crippen molar-refractivity contribution in [1.29, 1.82) is 0 Å². The SMILES string of the molecule is O=C(CC1C(=O)NCCN1Cc1ccc(-c2ccccc2)cc1)NCCn1cccn1. The Kier molecular flexibility index (Phi) is 6.74. The molecule has 1 aliphatic rings. The molecule has 0 saturated carbocycles. The molecule has 1 saturated heterocycles. The number of carbonyl (C=O) groups excluding carboxylic acids is 2. The van der Waals surface area contributed by atoms with Gasteiger partial charge in [0, 0.05) is 38.6 Å². The molecule has 160 valence electrons. The summed E-state index contributed by atoms with van der Waals surface area (Å²) < 4.78 is 1.76. The third kappa shape index (κ3) is 5.58. The number of nitrogens with one attached hydrogen (secondary N) is 2. The van der Waals surface area contributed by atoms with E-state index in [9.17, 15) is 9.59 Å². The fraction of sp³-hybridized carbons (Fsp3) is 0.292. The van der Waals surface area contributed by atoms with Gasteiger partial charge in [-0.15, -0.1) is 0 Å². The summed E-state index contributed by atoms with van der Waals surface area (Å²) in [5.74, 6) is -0.215. The lowest BCUT2D eigenvalue weighted by Gasteiger charge is -2.34. The Morgan fingerprint density at radius 3 is 2.58 bits per heavy atom. The zero-order valence-electron chi connectivity index (χ0n) is 17.4. The topological polar surface area (TPSA) is 79.3 Å². The molecule has 31 heavy (non-hydrogen) atoms. The van der Waals surface area contributed by atoms with Crippen LogP contribution < -0.4 is 10.6 Å². The van der Waals surface area contributed by atoms with Crippen molar-refractivity contribution in [1.82, 2.24) is 25.3 Å². The van der Waals surface area contributed by atoms with Crippen molar-refractivity contribution in [3.8, 4) is 11.1 Å². The molecule has 2 amide bonds. The normalized spacial score (nSPS) is 16.6. The number of amides is 2. The lowest BCUT2D eigenvalue weighted by atomic mass is 10.0. The monoisotopic (exact) mass is 417 g/mol. The lowest BCUT2D eigenvalue weighted by molar-refractivity contribution is -0.134. The average molecular weight is 418 g/mol. The maximum absolute atomic E-state index is 12.5. The van der Waals surface area contributed by atoms with Crippen molar-refractivity contribution in [3.05, 3.63) is 78.6 Å². The molecule has 3 aromatic rings. The minimum Gasteiger partial charge on any atom is -0.354 e. The van der Waals surface area contributed by atoms with Gasteiger partial charge in [0.2, 0.25) is 11.8 Å². The Bertz CT molecular complexity index is 987. The van der Waals surface area contributed by atoms with Crippen molar-refractivity contribution < 1.29 is 9.59 Å². The molecule has 2 N–H and O–H groups in total. The van der Waals surface area contributed by atoms with Crippen molar-refractivity contribution in [2.45, 2.75) is 25.6 Å². The predicted octanol–water partition coefficient (Wildman–Crippen LogP) is 2.06. The van der Waals surface area contributed by atoms with Crippen LogP contribution in [-0.2, 0) is 22.7 Å². The number of benzene rings is 2. The number of carbonyl (C=O) groups is 2. The minimum atomic E-state index is -0.466. The second kappa shape index (κ2) is 10.0. The maximum atomic E-state index is 12.5. The molecule has 1 unspecified atom stereocenters. The van der Waals surface area contributed by atoms with E-state index in [1.54, 1.807) is 10.9 Å². The third-order valence-corrected chi connectivity index (χ3v) is 5.49. The lowest BCUT2D eigenvalue weighted by Crippen LogP contribution is -2.56. The number of hydrogen-bond acceptors (Lipinski definition) is 4. The largest absolute Gasteiger partial charge is 0.354 e. The molecular weight excluding hydrogens is 390 g/mol. The highest BCUT2D eigenvalue weighted by Crippen LogP contribution is 2.21. The zero-order valence-corrected chi connectivity index (χ0v) is 17.4. The van der Waals surface area contributed by atoms with Crippen molar-refractivity contribution in [2.75, 3.05) is 19.6 Å². The van der Waals surface area contributed by atoms with Crippen molar-refractivity contribution >= 4 is 11.8 Å². The molecule has 4 rings (SSSR count). The van der Waals surface area contributed by atoms with Crippen molar-refractivity contribution in [2.24, 2.45) is 0 Å². The standard InChI is InChI=1S/C24H27N5O2/c30-23(25-13-16-29-14-4-11-27-29)17-22-24(31)26-12-15-28(22)18-19-7-9-21(10-8-19)20-5-2-1-3-6-20/h1-11,14,22H,12-13,15-18H2,(H,25,30)(H,26,31). The van der Waals surface area contributed by atoms with Gasteiger partial charge in [0.25, 0.3) is 0 Å². The summed E-state index contributed by atoms with van der Waals surface area (Å²) in [5, 5.41) is 9.90. The van der Waals surface area contributed by atoms with Gasteiger partial charge in [-0.2, -0.15) is 5.10 Å². The van der Waals surface area contributed by atoms with E-state index in [-0.39, 0.29) is 18.2 Å². The Hall–Kier alpha value is -3.45. The number of piperazine rings is 1. The van der Waals surface area contributed by atoms with Crippen LogP contribution in [0.15, 0.2) is 73.1 Å². The highest BCUT2D eigenvalue weighted by Gasteiger charge is 2.31. The molecular formula is C24H27N5O2. The molecule has 0 spiro atoms. The first-order valence-electron chi connectivity index (χ1n) is 10.6. The number of hydrogen-bond donors (Lipinski definition) is 2. The van der Waals surface area contributed by atoms with Gasteiger partial charge in [-0.3, -0.25) is 19.2 Å². The van der Waals surface area contributed by atoms with E-state index in [1.165, 1.54) is 5.56 Å². The van der Waals surface area contributed by atoms with Gasteiger partial charge in [0.15, 0.2) is 0 Å². The molecule has 1 aliphatic heterocycles. The minimum absolute atomic E-state index is 0.0885. The van der Waals surface area contributed by atoms with Gasteiger partial charge < -0.3 is 10.6 Å². The second-order valence-corrected chi connectivity index (χ2v) is 7.66. The van der Waals surface area contributed by atoms with Crippen LogP contribution in [0.25, 0.3) is 11.1 Å². The van der Waals surface area contributed by atoms with E-state index in [1.807, 2.05) is 30.5 Å². The summed E-state index contributed by atoms with van der Waals surface area (Å²) in [6.45, 7) is 3.03. The smallest absolute Gasteiger partial charge is 0.237 e. The highest BCUT2D eigenvalue weighted by molar-refractivity contribution is 5.88. The molecule has 7 nitrogen and oxygen atoms in total. The fourth-order valence-electron chi connectivity index (χ4n) is 3.83. The van der Waals surface area contributed by atoms with E-state index in [4.69, 9.17) is 0 Å². The van der Waals surface area contributed by atoms with Gasteiger partial charge >= 0.3 is 0 Å². The number of nitrogens with zero attached hydrogens (tertiary/aromatic N) is 3. The summed E-state index contributed by atoms with van der Waals surface area (Å²) in [6.07, 6.45) is 3.71. The van der Waals surface area contributed by atoms with E-state index in [0.29, 0.717) is 26.2 Å². The van der Waals surface area contributed by atoms with E-state index >= 15 is 0 Å². The van der Waals surface area contributed by atoms with Crippen LogP contribution in [0.1, 0.15) is 12.0 Å². The van der Waals surface area contributed by atoms with Crippen LogP contribution in [0.5, 0.6) is 0 Å². The Balaban J connectivity index is 1.34. The van der Waals surface area contributed by atoms with Crippen LogP contribution in [0.2, 0.25) is 0 Å². The molecule has 1 aromatic heterocycles. The molecule has 2 aromatic carbocycles. The van der Waals surface area contributed by atoms with Gasteiger partial charge in [-0.25, -0.2) is 0 Å². The number of rotatable bonds is 8. The zero-order chi connectivity index (χ0) is 21.5. The first kappa shape index (κ1) is 20.8. The second-order valence-electron chi connectivity index (χ2n) is 7.66. The average Bonchev–Trinajstić information content (AvgIpc) is 3.31. The first-order valence-corrected chi connectivity index (χ1v) is 10.6. The fourth-order valence-corrected chi connectivity index (χ4v) is 3.83. The Labute approximate surface area is 182 Å².